The number of carbonyl (C=O) groups is 2. The molecule has 2 unspecified atom stereocenters. The summed E-state index contributed by atoms with van der Waals surface area (Å²) in [5.41, 5.74) is 0. The summed E-state index contributed by atoms with van der Waals surface area (Å²) < 4.78 is 11.3. The average Bonchev–Trinajstić information content (AvgIpc) is 2.93. The summed E-state index contributed by atoms with van der Waals surface area (Å²) in [5, 5.41) is -0.556. The van der Waals surface area contributed by atoms with Crippen LogP contribution in [0.2, 0.25) is 0 Å². The highest BCUT2D eigenvalue weighted by Crippen LogP contribution is 2.27. The van der Waals surface area contributed by atoms with Gasteiger partial charge in [0.2, 0.25) is 0 Å². The standard InChI is InChI=1S/C34H66O4S/c1-5-9-11-13-15-17-19-21-23-25-29-37-33(35)31(27-7-3)39-32(28-8-4)34(36)38-30-26-24-22-20-18-16-14-12-10-6-2/h31-32H,5-30H2,1-4H3. The molecule has 2 atom stereocenters. The quantitative estimate of drug-likeness (QED) is 0.0635. The minimum atomic E-state index is -0.278. The van der Waals surface area contributed by atoms with Crippen LogP contribution in [0.5, 0.6) is 0 Å². The van der Waals surface area contributed by atoms with Gasteiger partial charge in [-0.2, -0.15) is 0 Å². The molecule has 0 aliphatic heterocycles. The molecule has 0 aromatic rings. The first-order chi connectivity index (χ1) is 19.1. The molecule has 0 aliphatic rings. The molecule has 0 fully saturated rings. The van der Waals surface area contributed by atoms with Crippen LogP contribution in [0.4, 0.5) is 0 Å². The molecule has 0 aliphatic carbocycles. The summed E-state index contributed by atoms with van der Waals surface area (Å²) in [5.74, 6) is -0.303. The number of thioether (sulfide) groups is 1. The Hall–Kier alpha value is -0.710. The maximum Gasteiger partial charge on any atom is 0.319 e. The van der Waals surface area contributed by atoms with Crippen LogP contribution < -0.4 is 0 Å². The number of carbonyl (C=O) groups excluding carboxylic acids is 2. The maximum absolute atomic E-state index is 12.8. The van der Waals surface area contributed by atoms with Gasteiger partial charge in [0.1, 0.15) is 10.5 Å². The van der Waals surface area contributed by atoms with Gasteiger partial charge in [-0.3, -0.25) is 9.59 Å². The van der Waals surface area contributed by atoms with Gasteiger partial charge < -0.3 is 9.47 Å². The second-order valence-electron chi connectivity index (χ2n) is 11.4. The lowest BCUT2D eigenvalue weighted by Crippen LogP contribution is -2.28. The van der Waals surface area contributed by atoms with E-state index in [1.165, 1.54) is 114 Å². The fraction of sp³-hybridized carbons (Fsp3) is 0.941. The van der Waals surface area contributed by atoms with Crippen LogP contribution in [0, 0.1) is 0 Å². The SMILES string of the molecule is CCCCCCCCCCCCOC(=O)C(CCC)SC(CCC)C(=O)OCCCCCCCCCCCC. The molecule has 39 heavy (non-hydrogen) atoms. The number of hydrogen-bond donors (Lipinski definition) is 0. The zero-order valence-corrected chi connectivity index (χ0v) is 27.4. The van der Waals surface area contributed by atoms with E-state index in [-0.39, 0.29) is 22.4 Å². The number of rotatable bonds is 30. The lowest BCUT2D eigenvalue weighted by Gasteiger charge is -2.21. The van der Waals surface area contributed by atoms with Crippen LogP contribution >= 0.6 is 11.8 Å². The van der Waals surface area contributed by atoms with E-state index in [1.807, 2.05) is 0 Å². The van der Waals surface area contributed by atoms with Crippen molar-refractivity contribution in [3.63, 3.8) is 0 Å². The van der Waals surface area contributed by atoms with E-state index in [0.29, 0.717) is 13.2 Å². The third-order valence-electron chi connectivity index (χ3n) is 7.44. The molecule has 4 nitrogen and oxygen atoms in total. The van der Waals surface area contributed by atoms with Crippen molar-refractivity contribution in [2.45, 2.75) is 192 Å². The van der Waals surface area contributed by atoms with Crippen molar-refractivity contribution in [1.29, 1.82) is 0 Å². The van der Waals surface area contributed by atoms with Gasteiger partial charge in [-0.25, -0.2) is 0 Å². The highest BCUT2D eigenvalue weighted by Gasteiger charge is 2.29. The molecule has 0 N–H and O–H groups in total. The molecular formula is C34H66O4S. The minimum absolute atomic E-state index is 0.152. The van der Waals surface area contributed by atoms with Crippen molar-refractivity contribution >= 4 is 23.7 Å². The van der Waals surface area contributed by atoms with E-state index in [2.05, 4.69) is 27.7 Å². The summed E-state index contributed by atoms with van der Waals surface area (Å²) in [6.45, 7) is 9.68. The van der Waals surface area contributed by atoms with Crippen LogP contribution in [0.25, 0.3) is 0 Å². The van der Waals surface area contributed by atoms with Gasteiger partial charge in [-0.05, 0) is 25.7 Å². The minimum Gasteiger partial charge on any atom is -0.465 e. The second kappa shape index (κ2) is 30.3. The fourth-order valence-corrected chi connectivity index (χ4v) is 6.41. The maximum atomic E-state index is 12.8. The first-order valence-electron chi connectivity index (χ1n) is 17.1. The van der Waals surface area contributed by atoms with Gasteiger partial charge in [0.25, 0.3) is 0 Å². The molecule has 0 saturated heterocycles. The lowest BCUT2D eigenvalue weighted by atomic mass is 10.1. The smallest absolute Gasteiger partial charge is 0.319 e. The summed E-state index contributed by atoms with van der Waals surface area (Å²) in [7, 11) is 0. The average molecular weight is 571 g/mol. The van der Waals surface area contributed by atoms with Gasteiger partial charge in [0.15, 0.2) is 0 Å². The Kier molecular flexibility index (Phi) is 29.7. The number of unbranched alkanes of at least 4 members (excludes halogenated alkanes) is 18. The molecular weight excluding hydrogens is 504 g/mol. The molecule has 0 rings (SSSR count). The van der Waals surface area contributed by atoms with E-state index in [1.54, 1.807) is 0 Å². The van der Waals surface area contributed by atoms with Gasteiger partial charge in [-0.1, -0.05) is 156 Å². The molecule has 0 saturated carbocycles. The predicted octanol–water partition coefficient (Wildman–Crippen LogP) is 11.0. The number of hydrogen-bond acceptors (Lipinski definition) is 5. The molecule has 0 aromatic carbocycles. The highest BCUT2D eigenvalue weighted by atomic mass is 32.2. The molecule has 0 aromatic heterocycles. The van der Waals surface area contributed by atoms with Crippen molar-refractivity contribution in [2.24, 2.45) is 0 Å². The topological polar surface area (TPSA) is 52.6 Å². The Morgan fingerprint density at radius 1 is 0.436 bits per heavy atom. The number of ether oxygens (including phenoxy) is 2. The third kappa shape index (κ3) is 24.8. The van der Waals surface area contributed by atoms with Crippen LogP contribution in [0.15, 0.2) is 0 Å². The van der Waals surface area contributed by atoms with Crippen molar-refractivity contribution in [2.75, 3.05) is 13.2 Å². The molecule has 0 heterocycles. The molecule has 0 radical (unpaired) electrons. The normalized spacial score (nSPS) is 12.8. The van der Waals surface area contributed by atoms with Crippen molar-refractivity contribution < 1.29 is 19.1 Å². The van der Waals surface area contributed by atoms with Gasteiger partial charge in [0, 0.05) is 0 Å². The van der Waals surface area contributed by atoms with E-state index in [0.717, 1.165) is 51.4 Å². The van der Waals surface area contributed by atoms with Gasteiger partial charge >= 0.3 is 11.9 Å². The van der Waals surface area contributed by atoms with Crippen LogP contribution in [0.1, 0.15) is 182 Å². The summed E-state index contributed by atoms with van der Waals surface area (Å²) >= 11 is 1.47. The van der Waals surface area contributed by atoms with E-state index >= 15 is 0 Å². The van der Waals surface area contributed by atoms with E-state index in [9.17, 15) is 9.59 Å². The molecule has 232 valence electrons. The molecule has 0 spiro atoms. The van der Waals surface area contributed by atoms with Crippen LogP contribution in [0.3, 0.4) is 0 Å². The Morgan fingerprint density at radius 3 is 1.00 bits per heavy atom. The Labute approximate surface area is 247 Å². The zero-order chi connectivity index (χ0) is 28.8. The van der Waals surface area contributed by atoms with E-state index < -0.39 is 0 Å². The second-order valence-corrected chi connectivity index (χ2v) is 12.8. The fourth-order valence-electron chi connectivity index (χ4n) is 4.92. The first kappa shape index (κ1) is 38.3. The highest BCUT2D eigenvalue weighted by molar-refractivity contribution is 8.01. The third-order valence-corrected chi connectivity index (χ3v) is 8.95. The van der Waals surface area contributed by atoms with Crippen molar-refractivity contribution in [3.05, 3.63) is 0 Å². The zero-order valence-electron chi connectivity index (χ0n) is 26.6. The van der Waals surface area contributed by atoms with Crippen LogP contribution in [-0.4, -0.2) is 35.7 Å². The molecule has 0 amide bonds. The Bertz CT molecular complexity index is 493. The van der Waals surface area contributed by atoms with Crippen LogP contribution in [-0.2, 0) is 19.1 Å². The summed E-state index contributed by atoms with van der Waals surface area (Å²) in [6.07, 6.45) is 28.6. The van der Waals surface area contributed by atoms with Crippen molar-refractivity contribution in [1.82, 2.24) is 0 Å². The van der Waals surface area contributed by atoms with E-state index in [4.69, 9.17) is 9.47 Å². The summed E-state index contributed by atoms with van der Waals surface area (Å²) in [4.78, 5) is 25.6. The van der Waals surface area contributed by atoms with Gasteiger partial charge in [0.05, 0.1) is 13.2 Å². The Morgan fingerprint density at radius 2 is 0.718 bits per heavy atom. The first-order valence-corrected chi connectivity index (χ1v) is 18.0. The van der Waals surface area contributed by atoms with Crippen molar-refractivity contribution in [3.8, 4) is 0 Å². The monoisotopic (exact) mass is 570 g/mol. The largest absolute Gasteiger partial charge is 0.465 e. The summed E-state index contributed by atoms with van der Waals surface area (Å²) in [6, 6.07) is 0. The molecule has 0 bridgehead atoms. The Balaban J connectivity index is 4.13. The lowest BCUT2D eigenvalue weighted by molar-refractivity contribution is -0.143. The molecule has 5 heteroatoms. The van der Waals surface area contributed by atoms with Gasteiger partial charge in [-0.15, -0.1) is 11.8 Å². The predicted molar refractivity (Wildman–Crippen MR) is 171 cm³/mol. The number of esters is 2.